The molecule has 1 N–H and O–H groups in total. The van der Waals surface area contributed by atoms with Crippen LogP contribution in [-0.4, -0.2) is 23.5 Å². The van der Waals surface area contributed by atoms with E-state index in [1.54, 1.807) is 6.07 Å². The number of pyridine rings is 1. The molecule has 0 radical (unpaired) electrons. The molecule has 1 amide bonds. The van der Waals surface area contributed by atoms with Gasteiger partial charge in [0.25, 0.3) is 5.91 Å². The van der Waals surface area contributed by atoms with Crippen molar-refractivity contribution in [1.29, 1.82) is 0 Å². The zero-order valence-electron chi connectivity index (χ0n) is 16.4. The minimum absolute atomic E-state index is 0.115. The number of rotatable bonds is 6. The Labute approximate surface area is 164 Å². The summed E-state index contributed by atoms with van der Waals surface area (Å²) in [6.45, 7) is 5.52. The smallest absolute Gasteiger partial charge is 0.339 e. The average molecular weight is 376 g/mol. The lowest BCUT2D eigenvalue weighted by atomic mass is 10.0. The molecule has 3 aromatic rings. The fourth-order valence-electron chi connectivity index (χ4n) is 3.14. The molecule has 3 rings (SSSR count). The third-order valence-electron chi connectivity index (χ3n) is 4.62. The van der Waals surface area contributed by atoms with E-state index in [-0.39, 0.29) is 18.6 Å². The van der Waals surface area contributed by atoms with Crippen LogP contribution in [0.3, 0.4) is 0 Å². The number of fused-ring (bicyclic) bond motifs is 1. The number of ether oxygens (including phenoxy) is 1. The van der Waals surface area contributed by atoms with Crippen LogP contribution in [0.1, 0.15) is 46.6 Å². The molecule has 0 bridgehead atoms. The molecule has 5 heteroatoms. The van der Waals surface area contributed by atoms with E-state index in [9.17, 15) is 9.59 Å². The number of nitrogens with one attached hydrogen (secondary N) is 1. The van der Waals surface area contributed by atoms with Gasteiger partial charge >= 0.3 is 5.97 Å². The lowest BCUT2D eigenvalue weighted by molar-refractivity contribution is -0.125. The van der Waals surface area contributed by atoms with Gasteiger partial charge in [-0.3, -0.25) is 9.78 Å². The minimum Gasteiger partial charge on any atom is -0.452 e. The largest absolute Gasteiger partial charge is 0.452 e. The molecule has 0 saturated carbocycles. The van der Waals surface area contributed by atoms with E-state index in [0.717, 1.165) is 23.2 Å². The van der Waals surface area contributed by atoms with Gasteiger partial charge in [0, 0.05) is 11.1 Å². The fraction of sp³-hybridized carbons (Fsp3) is 0.261. The molecular weight excluding hydrogens is 352 g/mol. The first kappa shape index (κ1) is 19.5. The van der Waals surface area contributed by atoms with Crippen LogP contribution in [0.4, 0.5) is 0 Å². The van der Waals surface area contributed by atoms with Gasteiger partial charge in [-0.2, -0.15) is 0 Å². The van der Waals surface area contributed by atoms with Crippen molar-refractivity contribution in [2.24, 2.45) is 0 Å². The second kappa shape index (κ2) is 8.65. The standard InChI is InChI=1S/C23H24N2O3/c1-4-20(17-11-9-15(2)10-12-17)25-22(26)14-28-23(27)19-13-16(3)24-21-8-6-5-7-18(19)21/h5-13,20H,4,14H2,1-3H3,(H,25,26)/t20-/m0/s1. The molecule has 5 nitrogen and oxygen atoms in total. The SMILES string of the molecule is CC[C@H](NC(=O)COC(=O)c1cc(C)nc2ccccc12)c1ccc(C)cc1. The predicted molar refractivity (Wildman–Crippen MR) is 109 cm³/mol. The Morgan fingerprint density at radius 2 is 1.79 bits per heavy atom. The molecule has 2 aromatic carbocycles. The summed E-state index contributed by atoms with van der Waals surface area (Å²) in [4.78, 5) is 29.3. The first-order valence-electron chi connectivity index (χ1n) is 9.37. The van der Waals surface area contributed by atoms with Crippen molar-refractivity contribution >= 4 is 22.8 Å². The summed E-state index contributed by atoms with van der Waals surface area (Å²) >= 11 is 0. The molecule has 144 valence electrons. The Kier molecular flexibility index (Phi) is 6.04. The van der Waals surface area contributed by atoms with E-state index in [0.29, 0.717) is 10.9 Å². The van der Waals surface area contributed by atoms with Gasteiger partial charge in [0.05, 0.1) is 17.1 Å². The first-order valence-corrected chi connectivity index (χ1v) is 9.37. The van der Waals surface area contributed by atoms with E-state index in [4.69, 9.17) is 4.74 Å². The summed E-state index contributed by atoms with van der Waals surface area (Å²) in [6.07, 6.45) is 0.747. The maximum absolute atomic E-state index is 12.5. The highest BCUT2D eigenvalue weighted by Crippen LogP contribution is 2.20. The van der Waals surface area contributed by atoms with E-state index < -0.39 is 5.97 Å². The Hall–Kier alpha value is -3.21. The van der Waals surface area contributed by atoms with Gasteiger partial charge in [-0.15, -0.1) is 0 Å². The number of para-hydroxylation sites is 1. The highest BCUT2D eigenvalue weighted by Gasteiger charge is 2.17. The summed E-state index contributed by atoms with van der Waals surface area (Å²) in [5, 5.41) is 3.64. The van der Waals surface area contributed by atoms with Crippen LogP contribution in [0, 0.1) is 13.8 Å². The second-order valence-electron chi connectivity index (χ2n) is 6.84. The van der Waals surface area contributed by atoms with Gasteiger partial charge < -0.3 is 10.1 Å². The van der Waals surface area contributed by atoms with Crippen LogP contribution in [0.25, 0.3) is 10.9 Å². The van der Waals surface area contributed by atoms with E-state index >= 15 is 0 Å². The normalized spacial score (nSPS) is 11.8. The third kappa shape index (κ3) is 4.55. The summed E-state index contributed by atoms with van der Waals surface area (Å²) in [6, 6.07) is 17.0. The Balaban J connectivity index is 1.66. The maximum Gasteiger partial charge on any atom is 0.339 e. The lowest BCUT2D eigenvalue weighted by Crippen LogP contribution is -2.32. The molecule has 0 unspecified atom stereocenters. The van der Waals surface area contributed by atoms with Crippen molar-refractivity contribution in [2.75, 3.05) is 6.61 Å². The molecule has 0 fully saturated rings. The second-order valence-corrected chi connectivity index (χ2v) is 6.84. The van der Waals surface area contributed by atoms with E-state index in [1.807, 2.05) is 69.3 Å². The molecule has 0 spiro atoms. The molecule has 1 atom stereocenters. The van der Waals surface area contributed by atoms with Crippen molar-refractivity contribution in [3.8, 4) is 0 Å². The highest BCUT2D eigenvalue weighted by atomic mass is 16.5. The number of esters is 1. The fourth-order valence-corrected chi connectivity index (χ4v) is 3.14. The average Bonchev–Trinajstić information content (AvgIpc) is 2.70. The molecule has 0 aliphatic carbocycles. The number of carbonyl (C=O) groups is 2. The summed E-state index contributed by atoms with van der Waals surface area (Å²) in [5.41, 5.74) is 4.06. The maximum atomic E-state index is 12.5. The minimum atomic E-state index is -0.528. The Morgan fingerprint density at radius 1 is 1.07 bits per heavy atom. The van der Waals surface area contributed by atoms with Crippen molar-refractivity contribution < 1.29 is 14.3 Å². The van der Waals surface area contributed by atoms with Gasteiger partial charge in [-0.1, -0.05) is 55.0 Å². The number of aryl methyl sites for hydroxylation is 2. The number of nitrogens with zero attached hydrogens (tertiary/aromatic N) is 1. The Bertz CT molecular complexity index is 996. The van der Waals surface area contributed by atoms with Crippen LogP contribution in [0.15, 0.2) is 54.6 Å². The quantitative estimate of drug-likeness (QED) is 0.652. The predicted octanol–water partition coefficient (Wildman–Crippen LogP) is 4.28. The van der Waals surface area contributed by atoms with Crippen LogP contribution in [0.5, 0.6) is 0 Å². The number of hydrogen-bond donors (Lipinski definition) is 1. The molecule has 0 aliphatic heterocycles. The number of benzene rings is 2. The van der Waals surface area contributed by atoms with Crippen molar-refractivity contribution in [2.45, 2.75) is 33.2 Å². The third-order valence-corrected chi connectivity index (χ3v) is 4.62. The van der Waals surface area contributed by atoms with Gasteiger partial charge in [0.15, 0.2) is 6.61 Å². The van der Waals surface area contributed by atoms with Crippen molar-refractivity contribution in [1.82, 2.24) is 10.3 Å². The monoisotopic (exact) mass is 376 g/mol. The molecular formula is C23H24N2O3. The molecule has 0 aliphatic rings. The number of hydrogen-bond acceptors (Lipinski definition) is 4. The molecule has 1 aromatic heterocycles. The number of amides is 1. The van der Waals surface area contributed by atoms with Gasteiger partial charge in [-0.05, 0) is 38.0 Å². The van der Waals surface area contributed by atoms with Crippen LogP contribution < -0.4 is 5.32 Å². The van der Waals surface area contributed by atoms with Crippen molar-refractivity contribution in [3.05, 3.63) is 77.0 Å². The number of carbonyl (C=O) groups excluding carboxylic acids is 2. The first-order chi connectivity index (χ1) is 13.5. The van der Waals surface area contributed by atoms with Crippen molar-refractivity contribution in [3.63, 3.8) is 0 Å². The topological polar surface area (TPSA) is 68.3 Å². The van der Waals surface area contributed by atoms with Gasteiger partial charge in [-0.25, -0.2) is 4.79 Å². The van der Waals surface area contributed by atoms with Crippen LogP contribution in [-0.2, 0) is 9.53 Å². The zero-order chi connectivity index (χ0) is 20.1. The van der Waals surface area contributed by atoms with Gasteiger partial charge in [0.2, 0.25) is 0 Å². The Morgan fingerprint density at radius 3 is 2.50 bits per heavy atom. The van der Waals surface area contributed by atoms with Gasteiger partial charge in [0.1, 0.15) is 0 Å². The molecule has 0 saturated heterocycles. The highest BCUT2D eigenvalue weighted by molar-refractivity contribution is 6.04. The number of aromatic nitrogens is 1. The summed E-state index contributed by atoms with van der Waals surface area (Å²) < 4.78 is 5.27. The van der Waals surface area contributed by atoms with E-state index in [1.165, 1.54) is 5.56 Å². The summed E-state index contributed by atoms with van der Waals surface area (Å²) in [7, 11) is 0. The van der Waals surface area contributed by atoms with E-state index in [2.05, 4.69) is 10.3 Å². The molecule has 28 heavy (non-hydrogen) atoms. The zero-order valence-corrected chi connectivity index (χ0v) is 16.4. The van der Waals surface area contributed by atoms with Crippen LogP contribution in [0.2, 0.25) is 0 Å². The van der Waals surface area contributed by atoms with Crippen LogP contribution >= 0.6 is 0 Å². The molecule has 1 heterocycles. The lowest BCUT2D eigenvalue weighted by Gasteiger charge is -2.18. The summed E-state index contributed by atoms with van der Waals surface area (Å²) in [5.74, 6) is -0.851.